The highest BCUT2D eigenvalue weighted by atomic mass is 79.9. The van der Waals surface area contributed by atoms with Crippen molar-refractivity contribution in [2.75, 3.05) is 16.3 Å². The molecule has 1 amide bonds. The number of non-ortho nitro benzene ring substituents is 1. The number of nitro groups is 2. The zero-order valence-corrected chi connectivity index (χ0v) is 17.0. The van der Waals surface area contributed by atoms with E-state index in [1.165, 1.54) is 24.3 Å². The van der Waals surface area contributed by atoms with Crippen LogP contribution in [0.5, 0.6) is 0 Å². The number of hydrazine groups is 2. The second-order valence-electron chi connectivity index (χ2n) is 5.79. The summed E-state index contributed by atoms with van der Waals surface area (Å²) in [5, 5.41) is 22.3. The fourth-order valence-electron chi connectivity index (χ4n) is 2.36. The van der Waals surface area contributed by atoms with Crippen LogP contribution in [-0.4, -0.2) is 25.7 Å². The zero-order valence-electron chi connectivity index (χ0n) is 15.4. The number of nitrogens with one attached hydrogen (secondary N) is 4. The second kappa shape index (κ2) is 9.45. The lowest BCUT2D eigenvalue weighted by Gasteiger charge is -2.12. The largest absolute Gasteiger partial charge is 0.356 e. The van der Waals surface area contributed by atoms with Gasteiger partial charge in [0, 0.05) is 16.6 Å². The number of hydrogen-bond acceptors (Lipinski definition) is 10. The number of nitrogens with zero attached hydrogens (tertiary/aromatic N) is 4. The first-order chi connectivity index (χ1) is 14.9. The van der Waals surface area contributed by atoms with Crippen LogP contribution in [0.4, 0.5) is 28.7 Å². The van der Waals surface area contributed by atoms with E-state index in [4.69, 9.17) is 0 Å². The van der Waals surface area contributed by atoms with Gasteiger partial charge in [0.2, 0.25) is 11.6 Å². The minimum absolute atomic E-state index is 0.106. The highest BCUT2D eigenvalue weighted by Crippen LogP contribution is 2.28. The van der Waals surface area contributed by atoms with Crippen molar-refractivity contribution in [3.8, 4) is 0 Å². The number of anilines is 3. The van der Waals surface area contributed by atoms with Gasteiger partial charge in [-0.1, -0.05) is 12.1 Å². The molecule has 1 aromatic heterocycles. The maximum Gasteiger partial charge on any atom is 0.356 e. The van der Waals surface area contributed by atoms with Gasteiger partial charge in [-0.15, -0.1) is 0 Å². The molecule has 31 heavy (non-hydrogen) atoms. The van der Waals surface area contributed by atoms with Crippen molar-refractivity contribution < 1.29 is 14.6 Å². The first kappa shape index (κ1) is 21.4. The number of amides is 1. The van der Waals surface area contributed by atoms with Gasteiger partial charge in [-0.05, 0) is 40.2 Å². The van der Waals surface area contributed by atoms with Gasteiger partial charge >= 0.3 is 5.69 Å². The lowest BCUT2D eigenvalue weighted by atomic mass is 10.2. The average Bonchev–Trinajstić information content (AvgIpc) is 2.76. The summed E-state index contributed by atoms with van der Waals surface area (Å²) in [6.07, 6.45) is 1.06. The van der Waals surface area contributed by atoms with E-state index < -0.39 is 21.4 Å². The van der Waals surface area contributed by atoms with Crippen molar-refractivity contribution in [1.29, 1.82) is 0 Å². The van der Waals surface area contributed by atoms with Crippen molar-refractivity contribution in [2.45, 2.75) is 0 Å². The number of carbonyl (C=O) groups excluding carboxylic acids is 1. The van der Waals surface area contributed by atoms with Crippen LogP contribution >= 0.6 is 15.9 Å². The van der Waals surface area contributed by atoms with Crippen LogP contribution in [0.1, 0.15) is 10.4 Å². The quantitative estimate of drug-likeness (QED) is 0.271. The third-order valence-electron chi connectivity index (χ3n) is 3.82. The smallest absolute Gasteiger partial charge is 0.299 e. The number of aromatic nitrogens is 2. The maximum absolute atomic E-state index is 12.3. The predicted octanol–water partition coefficient (Wildman–Crippen LogP) is 3.25. The molecule has 0 aliphatic heterocycles. The predicted molar refractivity (Wildman–Crippen MR) is 114 cm³/mol. The molecule has 0 aliphatic carbocycles. The lowest BCUT2D eigenvalue weighted by molar-refractivity contribution is -0.384. The standard InChI is InChI=1S/C17H13BrN8O5/c18-13-4-2-1-3-12(13)17(27)24-23-16-14(26(30)31)15(19-9-20-16)22-21-10-5-7-11(8-6-10)25(28)29/h1-9,21H,(H,24,27)(H2,19,20,22,23). The van der Waals surface area contributed by atoms with Crippen molar-refractivity contribution in [2.24, 2.45) is 0 Å². The van der Waals surface area contributed by atoms with E-state index >= 15 is 0 Å². The molecule has 0 atom stereocenters. The molecule has 0 radical (unpaired) electrons. The van der Waals surface area contributed by atoms with E-state index in [0.29, 0.717) is 15.7 Å². The molecule has 0 fully saturated rings. The van der Waals surface area contributed by atoms with Crippen LogP contribution < -0.4 is 21.7 Å². The Kier molecular flexibility index (Phi) is 6.51. The lowest BCUT2D eigenvalue weighted by Crippen LogP contribution is -2.30. The molecule has 0 bridgehead atoms. The molecule has 0 unspecified atom stereocenters. The minimum atomic E-state index is -0.729. The van der Waals surface area contributed by atoms with Crippen molar-refractivity contribution in [1.82, 2.24) is 15.4 Å². The Hall–Kier alpha value is -4.33. The SMILES string of the molecule is O=C(NNc1ncnc(NNc2ccc([N+](=O)[O-])cc2)c1[N+](=O)[O-])c1ccccc1Br. The van der Waals surface area contributed by atoms with Crippen molar-refractivity contribution in [3.05, 3.63) is 85.1 Å². The Morgan fingerprint density at radius 2 is 1.52 bits per heavy atom. The monoisotopic (exact) mass is 488 g/mol. The summed E-state index contributed by atoms with van der Waals surface area (Å²) in [4.78, 5) is 40.9. The van der Waals surface area contributed by atoms with E-state index in [1.807, 2.05) is 0 Å². The number of hydrogen-bond donors (Lipinski definition) is 4. The Morgan fingerprint density at radius 3 is 2.13 bits per heavy atom. The topological polar surface area (TPSA) is 177 Å². The molecule has 0 spiro atoms. The molecule has 0 saturated carbocycles. The van der Waals surface area contributed by atoms with E-state index in [0.717, 1.165) is 6.33 Å². The van der Waals surface area contributed by atoms with Crippen LogP contribution in [0.15, 0.2) is 59.3 Å². The molecular formula is C17H13BrN8O5. The molecule has 14 heteroatoms. The highest BCUT2D eigenvalue weighted by molar-refractivity contribution is 9.10. The van der Waals surface area contributed by atoms with Crippen LogP contribution in [-0.2, 0) is 0 Å². The normalized spacial score (nSPS) is 10.1. The molecule has 13 nitrogen and oxygen atoms in total. The number of carbonyl (C=O) groups is 1. The van der Waals surface area contributed by atoms with Gasteiger partial charge in [0.15, 0.2) is 0 Å². The van der Waals surface area contributed by atoms with E-state index in [9.17, 15) is 25.0 Å². The third kappa shape index (κ3) is 5.18. The summed E-state index contributed by atoms with van der Waals surface area (Å²) in [7, 11) is 0. The van der Waals surface area contributed by atoms with Gasteiger partial charge in [0.1, 0.15) is 6.33 Å². The average molecular weight is 489 g/mol. The Labute approximate surface area is 182 Å². The van der Waals surface area contributed by atoms with Crippen LogP contribution in [0, 0.1) is 20.2 Å². The number of rotatable bonds is 8. The van der Waals surface area contributed by atoms with Gasteiger partial charge in [0.25, 0.3) is 11.6 Å². The molecule has 3 rings (SSSR count). The summed E-state index contributed by atoms with van der Waals surface area (Å²) in [5.41, 5.74) is 10.0. The molecule has 4 N–H and O–H groups in total. The molecule has 0 aliphatic rings. The van der Waals surface area contributed by atoms with Gasteiger partial charge in [0.05, 0.1) is 21.1 Å². The number of nitro benzene ring substituents is 1. The summed E-state index contributed by atoms with van der Waals surface area (Å²) < 4.78 is 0.543. The van der Waals surface area contributed by atoms with Crippen LogP contribution in [0.25, 0.3) is 0 Å². The van der Waals surface area contributed by atoms with E-state index in [2.05, 4.69) is 47.6 Å². The molecule has 158 valence electrons. The van der Waals surface area contributed by atoms with Crippen molar-refractivity contribution >= 4 is 50.5 Å². The summed E-state index contributed by atoms with van der Waals surface area (Å²) >= 11 is 3.25. The van der Waals surface area contributed by atoms with Gasteiger partial charge in [-0.25, -0.2) is 9.97 Å². The van der Waals surface area contributed by atoms with Gasteiger partial charge < -0.3 is 0 Å². The zero-order chi connectivity index (χ0) is 22.4. The number of benzene rings is 2. The minimum Gasteiger partial charge on any atom is -0.299 e. The summed E-state index contributed by atoms with van der Waals surface area (Å²) in [6.45, 7) is 0. The van der Waals surface area contributed by atoms with E-state index in [-0.39, 0.29) is 17.3 Å². The summed E-state index contributed by atoms with van der Waals surface area (Å²) in [6, 6.07) is 12.0. The van der Waals surface area contributed by atoms with Crippen molar-refractivity contribution in [3.63, 3.8) is 0 Å². The van der Waals surface area contributed by atoms with E-state index in [1.54, 1.807) is 24.3 Å². The van der Waals surface area contributed by atoms with Gasteiger partial charge in [-0.3, -0.25) is 46.7 Å². The molecule has 0 saturated heterocycles. The first-order valence-corrected chi connectivity index (χ1v) is 9.23. The fourth-order valence-corrected chi connectivity index (χ4v) is 2.83. The first-order valence-electron chi connectivity index (χ1n) is 8.43. The Balaban J connectivity index is 1.74. The van der Waals surface area contributed by atoms with Crippen LogP contribution in [0.2, 0.25) is 0 Å². The second-order valence-corrected chi connectivity index (χ2v) is 6.64. The third-order valence-corrected chi connectivity index (χ3v) is 4.51. The van der Waals surface area contributed by atoms with Gasteiger partial charge in [-0.2, -0.15) is 0 Å². The molecule has 1 heterocycles. The molecule has 3 aromatic rings. The maximum atomic E-state index is 12.3. The summed E-state index contributed by atoms with van der Waals surface area (Å²) in [5.74, 6) is -0.997. The molecular weight excluding hydrogens is 476 g/mol. The Bertz CT molecular complexity index is 1140. The Morgan fingerprint density at radius 1 is 0.871 bits per heavy atom. The van der Waals surface area contributed by atoms with Crippen LogP contribution in [0.3, 0.4) is 0 Å². The highest BCUT2D eigenvalue weighted by Gasteiger charge is 2.24. The fraction of sp³-hybridized carbons (Fsp3) is 0. The number of halogens is 1. The molecule has 2 aromatic carbocycles.